The lowest BCUT2D eigenvalue weighted by atomic mass is 10.0. The van der Waals surface area contributed by atoms with Crippen molar-refractivity contribution in [2.24, 2.45) is 0 Å². The summed E-state index contributed by atoms with van der Waals surface area (Å²) in [4.78, 5) is 31.0. The minimum absolute atomic E-state index is 0.599. The number of allylic oxidation sites excluding steroid dienone is 1. The van der Waals surface area contributed by atoms with E-state index in [0.29, 0.717) is 11.9 Å². The van der Waals surface area contributed by atoms with E-state index in [4.69, 9.17) is 15.3 Å². The fraction of sp³-hybridized carbons (Fsp3) is 0.651. The lowest BCUT2D eigenvalue weighted by Crippen LogP contribution is -2.43. The second kappa shape index (κ2) is 32.0. The average Bonchev–Trinajstić information content (AvgIpc) is 3.18. The lowest BCUT2D eigenvalue weighted by Gasteiger charge is -2.38. The normalized spacial score (nSPS) is 14.6. The van der Waals surface area contributed by atoms with Gasteiger partial charge >= 0.3 is 0 Å². The number of aldehydes is 1. The number of nitrogens with one attached hydrogen (secondary N) is 2. The highest BCUT2D eigenvalue weighted by atomic mass is 16.5. The summed E-state index contributed by atoms with van der Waals surface area (Å²) >= 11 is 0. The molecule has 53 heavy (non-hydrogen) atoms. The van der Waals surface area contributed by atoms with Crippen LogP contribution in [0.2, 0.25) is 0 Å². The molecule has 1 aromatic carbocycles. The van der Waals surface area contributed by atoms with Gasteiger partial charge in [0.05, 0.1) is 6.61 Å². The smallest absolute Gasteiger partial charge is 0.211 e. The van der Waals surface area contributed by atoms with Gasteiger partial charge in [-0.05, 0) is 141 Å². The Hall–Kier alpha value is -3.47. The number of carbonyl (C=O) groups excluding carboxylic acids is 2. The van der Waals surface area contributed by atoms with Crippen LogP contribution in [0.3, 0.4) is 0 Å². The number of likely N-dealkylation sites (N-methyl/N-ethyl adjacent to an activating group) is 1. The molecule has 2 saturated heterocycles. The van der Waals surface area contributed by atoms with Crippen LogP contribution in [0, 0.1) is 13.8 Å². The van der Waals surface area contributed by atoms with Gasteiger partial charge in [0.1, 0.15) is 12.1 Å². The predicted octanol–water partition coefficient (Wildman–Crippen LogP) is 7.85. The molecule has 0 atom stereocenters. The topological polar surface area (TPSA) is 116 Å². The Morgan fingerprint density at radius 3 is 2.09 bits per heavy atom. The molecule has 10 nitrogen and oxygen atoms in total. The molecule has 0 spiro atoms. The van der Waals surface area contributed by atoms with Crippen molar-refractivity contribution in [2.75, 3.05) is 70.5 Å². The SMILES string of the molecule is CC.CC/C=C(/OCC)N1CCC(N(C)CCc2ccccc2NC=O)CC1.CC=O.CCCN(CCC)C1CCNCC1.Cc1cnc(N)c(C)c1. The summed E-state index contributed by atoms with van der Waals surface area (Å²) in [5.74, 6) is 1.67. The number of amides is 1. The van der Waals surface area contributed by atoms with Gasteiger partial charge in [-0.2, -0.15) is 0 Å². The van der Waals surface area contributed by atoms with Crippen LogP contribution in [0.4, 0.5) is 11.5 Å². The standard InChI is InChI=1S/C21H33N3O2.C11H24N2.C7H10N2.C2H4O.C2H6/c1-4-8-21(26-5-2)24-15-12-19(13-16-24)23(3)14-11-18-9-6-7-10-20(18)22-17-25;1-3-9-13(10-4-2)11-5-7-12-8-6-11;1-5-3-6(2)7(8)9-4-5;1-2-3;1-2/h6-10,17,19H,4-5,11-16H2,1-3H3,(H,22,25);11-12H,3-10H2,1-2H3;3-4H,1-2H3,(H2,8,9);2H,1H3;1-2H3/b21-8+;;;;. The molecule has 4 rings (SSSR count). The highest BCUT2D eigenvalue weighted by molar-refractivity contribution is 5.73. The fourth-order valence-corrected chi connectivity index (χ4v) is 6.50. The van der Waals surface area contributed by atoms with E-state index >= 15 is 0 Å². The van der Waals surface area contributed by atoms with E-state index in [-0.39, 0.29) is 0 Å². The van der Waals surface area contributed by atoms with E-state index in [2.05, 4.69) is 70.3 Å². The largest absolute Gasteiger partial charge is 0.480 e. The third kappa shape index (κ3) is 21.1. The van der Waals surface area contributed by atoms with Crippen molar-refractivity contribution < 1.29 is 14.3 Å². The first kappa shape index (κ1) is 49.5. The van der Waals surface area contributed by atoms with E-state index in [0.717, 1.165) is 93.4 Å². The number of anilines is 2. The number of rotatable bonds is 15. The highest BCUT2D eigenvalue weighted by Gasteiger charge is 2.24. The molecule has 0 radical (unpaired) electrons. The van der Waals surface area contributed by atoms with Crippen LogP contribution in [0.15, 0.2) is 48.5 Å². The minimum atomic E-state index is 0.599. The number of nitrogen functional groups attached to an aromatic ring is 1. The van der Waals surface area contributed by atoms with Gasteiger partial charge in [-0.3, -0.25) is 4.79 Å². The molecule has 3 heterocycles. The molecule has 0 unspecified atom stereocenters. The monoisotopic (exact) mass is 740 g/mol. The van der Waals surface area contributed by atoms with Crippen molar-refractivity contribution in [3.05, 3.63) is 65.2 Å². The van der Waals surface area contributed by atoms with Crippen LogP contribution in [0.5, 0.6) is 0 Å². The van der Waals surface area contributed by atoms with Gasteiger partial charge in [-0.15, -0.1) is 0 Å². The third-order valence-corrected chi connectivity index (χ3v) is 9.14. The zero-order chi connectivity index (χ0) is 39.9. The summed E-state index contributed by atoms with van der Waals surface area (Å²) < 4.78 is 5.80. The van der Waals surface area contributed by atoms with Gasteiger partial charge in [0.2, 0.25) is 6.41 Å². The summed E-state index contributed by atoms with van der Waals surface area (Å²) in [5.41, 5.74) is 9.78. The van der Waals surface area contributed by atoms with Crippen molar-refractivity contribution in [1.29, 1.82) is 0 Å². The van der Waals surface area contributed by atoms with Crippen LogP contribution < -0.4 is 16.4 Å². The summed E-state index contributed by atoms with van der Waals surface area (Å²) in [5, 5.41) is 6.22. The Bertz CT molecular complexity index is 1220. The van der Waals surface area contributed by atoms with Crippen molar-refractivity contribution in [1.82, 2.24) is 25.0 Å². The van der Waals surface area contributed by atoms with Crippen molar-refractivity contribution in [3.8, 4) is 0 Å². The number of para-hydroxylation sites is 1. The molecule has 0 bridgehead atoms. The first-order valence-corrected chi connectivity index (χ1v) is 20.3. The number of nitrogens with two attached hydrogens (primary N) is 1. The first-order valence-electron chi connectivity index (χ1n) is 20.3. The quantitative estimate of drug-likeness (QED) is 0.124. The zero-order valence-electron chi connectivity index (χ0n) is 35.3. The minimum Gasteiger partial charge on any atom is -0.480 e. The number of hydrogen-bond acceptors (Lipinski definition) is 9. The highest BCUT2D eigenvalue weighted by Crippen LogP contribution is 2.22. The first-order chi connectivity index (χ1) is 25.7. The van der Waals surface area contributed by atoms with Crippen LogP contribution in [-0.4, -0.2) is 104 Å². The Morgan fingerprint density at radius 1 is 0.981 bits per heavy atom. The predicted molar refractivity (Wildman–Crippen MR) is 226 cm³/mol. The van der Waals surface area contributed by atoms with Crippen LogP contribution in [0.25, 0.3) is 0 Å². The summed E-state index contributed by atoms with van der Waals surface area (Å²) in [6.45, 7) is 27.0. The molecule has 302 valence electrons. The van der Waals surface area contributed by atoms with Gasteiger partial charge in [-0.1, -0.05) is 58.9 Å². The fourth-order valence-electron chi connectivity index (χ4n) is 6.50. The molecule has 1 aromatic heterocycles. The second-order valence-corrected chi connectivity index (χ2v) is 13.2. The molecular weight excluding hydrogens is 663 g/mol. The van der Waals surface area contributed by atoms with E-state index in [1.165, 1.54) is 64.3 Å². The van der Waals surface area contributed by atoms with E-state index in [9.17, 15) is 4.79 Å². The average molecular weight is 740 g/mol. The Balaban J connectivity index is 0.000000826. The van der Waals surface area contributed by atoms with Crippen molar-refractivity contribution >= 4 is 24.2 Å². The van der Waals surface area contributed by atoms with Crippen LogP contribution in [0.1, 0.15) is 110 Å². The molecule has 2 aromatic rings. The van der Waals surface area contributed by atoms with Crippen molar-refractivity contribution in [3.63, 3.8) is 0 Å². The van der Waals surface area contributed by atoms with E-state index in [1.54, 1.807) is 6.20 Å². The van der Waals surface area contributed by atoms with Gasteiger partial charge in [0.25, 0.3) is 0 Å². The Morgan fingerprint density at radius 2 is 1.58 bits per heavy atom. The summed E-state index contributed by atoms with van der Waals surface area (Å²) in [6, 6.07) is 11.5. The number of carbonyl (C=O) groups is 2. The van der Waals surface area contributed by atoms with Crippen LogP contribution >= 0.6 is 0 Å². The molecule has 0 aliphatic carbocycles. The van der Waals surface area contributed by atoms with E-state index < -0.39 is 0 Å². The maximum Gasteiger partial charge on any atom is 0.211 e. The molecule has 1 amide bonds. The third-order valence-electron chi connectivity index (χ3n) is 9.14. The second-order valence-electron chi connectivity index (χ2n) is 13.2. The number of pyridine rings is 1. The van der Waals surface area contributed by atoms with Gasteiger partial charge < -0.3 is 40.6 Å². The van der Waals surface area contributed by atoms with Crippen LogP contribution in [-0.2, 0) is 20.7 Å². The lowest BCUT2D eigenvalue weighted by molar-refractivity contribution is -0.106. The van der Waals surface area contributed by atoms with Gasteiger partial charge in [0.15, 0.2) is 5.88 Å². The molecule has 0 saturated carbocycles. The molecule has 2 aliphatic heterocycles. The number of hydrogen-bond donors (Lipinski definition) is 3. The number of benzene rings is 1. The number of likely N-dealkylation sites (tertiary alicyclic amines) is 1. The maximum atomic E-state index is 10.7. The number of aryl methyl sites for hydroxylation is 2. The molecule has 4 N–H and O–H groups in total. The van der Waals surface area contributed by atoms with Crippen molar-refractivity contribution in [2.45, 2.75) is 126 Å². The molecule has 2 fully saturated rings. The Labute approximate surface area is 324 Å². The molecular formula is C43H77N7O3. The number of nitrogens with zero attached hydrogens (tertiary/aromatic N) is 4. The zero-order valence-corrected chi connectivity index (χ0v) is 35.3. The summed E-state index contributed by atoms with van der Waals surface area (Å²) in [7, 11) is 2.21. The van der Waals surface area contributed by atoms with Gasteiger partial charge in [-0.25, -0.2) is 4.98 Å². The van der Waals surface area contributed by atoms with E-state index in [1.807, 2.05) is 58.9 Å². The Kier molecular flexibility index (Phi) is 29.9. The summed E-state index contributed by atoms with van der Waals surface area (Å²) in [6.07, 6.45) is 15.0. The number of ether oxygens (including phenoxy) is 1. The number of piperidine rings is 2. The van der Waals surface area contributed by atoms with Gasteiger partial charge in [0, 0.05) is 43.6 Å². The molecule has 2 aliphatic rings. The maximum absolute atomic E-state index is 10.7. The molecule has 10 heteroatoms. The number of aromatic nitrogens is 1.